The van der Waals surface area contributed by atoms with Gasteiger partial charge in [0.25, 0.3) is 0 Å². The Balaban J connectivity index is 1.38. The summed E-state index contributed by atoms with van der Waals surface area (Å²) in [5.41, 5.74) is 2.13. The van der Waals surface area contributed by atoms with Crippen LogP contribution in [0, 0.1) is 0 Å². The van der Waals surface area contributed by atoms with Crippen molar-refractivity contribution in [2.75, 3.05) is 45.8 Å². The van der Waals surface area contributed by atoms with Crippen molar-refractivity contribution in [2.45, 2.75) is 39.3 Å². The van der Waals surface area contributed by atoms with Gasteiger partial charge in [-0.15, -0.1) is 0 Å². The number of hydrogen-bond acceptors (Lipinski definition) is 4. The Kier molecular flexibility index (Phi) is 6.75. The van der Waals surface area contributed by atoms with Gasteiger partial charge in [-0.25, -0.2) is 9.98 Å². The average molecular weight is 426 g/mol. The standard InChI is InChI=1S/C23H35N7O/c1-4-24-23(25-17-21-26-19-9-5-6-10-20(19)27(21)3)30-15-13-28(14-16-30)18(2)22(31)29-11-7-8-12-29/h5-6,9-10,18H,4,7-8,11-17H2,1-3H3,(H,24,25). The zero-order valence-corrected chi connectivity index (χ0v) is 19.0. The van der Waals surface area contributed by atoms with Gasteiger partial charge < -0.3 is 19.7 Å². The maximum Gasteiger partial charge on any atom is 0.239 e. The number of aromatic nitrogens is 2. The monoisotopic (exact) mass is 425 g/mol. The summed E-state index contributed by atoms with van der Waals surface area (Å²) in [7, 11) is 2.05. The number of nitrogens with one attached hydrogen (secondary N) is 1. The van der Waals surface area contributed by atoms with E-state index in [9.17, 15) is 4.79 Å². The first-order valence-electron chi connectivity index (χ1n) is 11.5. The lowest BCUT2D eigenvalue weighted by Crippen LogP contribution is -2.57. The fourth-order valence-corrected chi connectivity index (χ4v) is 4.59. The largest absolute Gasteiger partial charge is 0.357 e. The number of carbonyl (C=O) groups excluding carboxylic acids is 1. The van der Waals surface area contributed by atoms with Crippen LogP contribution in [-0.4, -0.2) is 88.0 Å². The second-order valence-electron chi connectivity index (χ2n) is 8.48. The van der Waals surface area contributed by atoms with E-state index < -0.39 is 0 Å². The molecule has 0 saturated carbocycles. The number of hydrogen-bond donors (Lipinski definition) is 1. The molecular weight excluding hydrogens is 390 g/mol. The topological polar surface area (TPSA) is 69.0 Å². The number of carbonyl (C=O) groups is 1. The van der Waals surface area contributed by atoms with Crippen molar-refractivity contribution in [1.82, 2.24) is 29.6 Å². The van der Waals surface area contributed by atoms with Gasteiger partial charge >= 0.3 is 0 Å². The van der Waals surface area contributed by atoms with Crippen molar-refractivity contribution in [3.63, 3.8) is 0 Å². The number of aliphatic imine (C=N–C) groups is 1. The first kappa shape index (κ1) is 21.6. The number of imidazole rings is 1. The van der Waals surface area contributed by atoms with Gasteiger partial charge in [-0.2, -0.15) is 0 Å². The number of aryl methyl sites for hydroxylation is 1. The number of piperazine rings is 1. The highest BCUT2D eigenvalue weighted by atomic mass is 16.2. The van der Waals surface area contributed by atoms with Gasteiger partial charge in [0, 0.05) is 52.9 Å². The van der Waals surface area contributed by atoms with Crippen LogP contribution in [0.1, 0.15) is 32.5 Å². The van der Waals surface area contributed by atoms with Crippen LogP contribution in [0.15, 0.2) is 29.3 Å². The minimum absolute atomic E-state index is 0.0419. The number of nitrogens with zero attached hydrogens (tertiary/aromatic N) is 6. The molecule has 0 spiro atoms. The Morgan fingerprint density at radius 1 is 1.10 bits per heavy atom. The van der Waals surface area contributed by atoms with E-state index >= 15 is 0 Å². The van der Waals surface area contributed by atoms with Crippen molar-refractivity contribution in [3.05, 3.63) is 30.1 Å². The SMILES string of the molecule is CCNC(=NCc1nc2ccccc2n1C)N1CCN(C(C)C(=O)N2CCCC2)CC1. The molecule has 2 aliphatic rings. The molecule has 0 radical (unpaired) electrons. The van der Waals surface area contributed by atoms with Gasteiger partial charge in [0.1, 0.15) is 12.4 Å². The number of guanidine groups is 1. The van der Waals surface area contributed by atoms with Crippen molar-refractivity contribution in [1.29, 1.82) is 0 Å². The van der Waals surface area contributed by atoms with Crippen molar-refractivity contribution in [3.8, 4) is 0 Å². The van der Waals surface area contributed by atoms with Crippen LogP contribution in [0.2, 0.25) is 0 Å². The third kappa shape index (κ3) is 4.69. The third-order valence-electron chi connectivity index (χ3n) is 6.52. The van der Waals surface area contributed by atoms with E-state index in [1.54, 1.807) is 0 Å². The predicted octanol–water partition coefficient (Wildman–Crippen LogP) is 1.67. The molecule has 8 heteroatoms. The molecule has 4 rings (SSSR count). The number of amides is 1. The summed E-state index contributed by atoms with van der Waals surface area (Å²) in [6, 6.07) is 8.14. The Morgan fingerprint density at radius 2 is 1.81 bits per heavy atom. The molecular formula is C23H35N7O. The molecule has 1 aromatic carbocycles. The van der Waals surface area contributed by atoms with Crippen LogP contribution in [0.25, 0.3) is 11.0 Å². The molecule has 3 heterocycles. The van der Waals surface area contributed by atoms with E-state index in [0.717, 1.165) is 81.5 Å². The number of rotatable bonds is 5. The number of para-hydroxylation sites is 2. The second kappa shape index (κ2) is 9.68. The summed E-state index contributed by atoms with van der Waals surface area (Å²) in [5.74, 6) is 2.17. The van der Waals surface area contributed by atoms with Gasteiger partial charge in [0.05, 0.1) is 17.1 Å². The average Bonchev–Trinajstić information content (AvgIpc) is 3.45. The summed E-state index contributed by atoms with van der Waals surface area (Å²) >= 11 is 0. The molecule has 1 N–H and O–H groups in total. The van der Waals surface area contributed by atoms with Crippen molar-refractivity contribution < 1.29 is 4.79 Å². The summed E-state index contributed by atoms with van der Waals surface area (Å²) in [6.07, 6.45) is 2.28. The van der Waals surface area contributed by atoms with Crippen LogP contribution >= 0.6 is 0 Å². The third-order valence-corrected chi connectivity index (χ3v) is 6.52. The van der Waals surface area contributed by atoms with Gasteiger partial charge in [0.15, 0.2) is 5.96 Å². The van der Waals surface area contributed by atoms with E-state index in [0.29, 0.717) is 6.54 Å². The highest BCUT2D eigenvalue weighted by Gasteiger charge is 2.30. The van der Waals surface area contributed by atoms with Crippen LogP contribution < -0.4 is 5.32 Å². The lowest BCUT2D eigenvalue weighted by molar-refractivity contribution is -0.135. The normalized spacial score (nSPS) is 19.3. The molecule has 8 nitrogen and oxygen atoms in total. The minimum atomic E-state index is -0.0419. The van der Waals surface area contributed by atoms with Gasteiger partial charge in [-0.3, -0.25) is 9.69 Å². The van der Waals surface area contributed by atoms with E-state index in [4.69, 9.17) is 9.98 Å². The van der Waals surface area contributed by atoms with E-state index in [1.165, 1.54) is 0 Å². The Hall–Kier alpha value is -2.61. The second-order valence-corrected chi connectivity index (χ2v) is 8.48. The first-order chi connectivity index (χ1) is 15.1. The molecule has 1 aromatic heterocycles. The highest BCUT2D eigenvalue weighted by molar-refractivity contribution is 5.82. The molecule has 2 aromatic rings. The van der Waals surface area contributed by atoms with Crippen LogP contribution in [0.5, 0.6) is 0 Å². The first-order valence-corrected chi connectivity index (χ1v) is 11.5. The maximum atomic E-state index is 12.8. The summed E-state index contributed by atoms with van der Waals surface area (Å²) in [5, 5.41) is 3.43. The lowest BCUT2D eigenvalue weighted by atomic mass is 10.2. The molecule has 2 saturated heterocycles. The number of benzene rings is 1. The Morgan fingerprint density at radius 3 is 2.48 bits per heavy atom. The molecule has 0 aliphatic carbocycles. The molecule has 1 unspecified atom stereocenters. The van der Waals surface area contributed by atoms with E-state index in [2.05, 4.69) is 39.6 Å². The number of likely N-dealkylation sites (tertiary alicyclic amines) is 1. The fourth-order valence-electron chi connectivity index (χ4n) is 4.59. The summed E-state index contributed by atoms with van der Waals surface area (Å²) < 4.78 is 2.12. The van der Waals surface area contributed by atoms with Gasteiger partial charge in [0.2, 0.25) is 5.91 Å². The molecule has 2 fully saturated rings. The summed E-state index contributed by atoms with van der Waals surface area (Å²) in [6.45, 7) is 10.8. The van der Waals surface area contributed by atoms with Crippen LogP contribution in [0.3, 0.4) is 0 Å². The molecule has 1 amide bonds. The molecule has 2 aliphatic heterocycles. The molecule has 0 bridgehead atoms. The number of fused-ring (bicyclic) bond motifs is 1. The Bertz CT molecular complexity index is 923. The predicted molar refractivity (Wildman–Crippen MR) is 124 cm³/mol. The lowest BCUT2D eigenvalue weighted by Gasteiger charge is -2.39. The van der Waals surface area contributed by atoms with E-state index in [1.807, 2.05) is 30.1 Å². The maximum absolute atomic E-state index is 12.8. The van der Waals surface area contributed by atoms with Gasteiger partial charge in [-0.1, -0.05) is 12.1 Å². The highest BCUT2D eigenvalue weighted by Crippen LogP contribution is 2.16. The van der Waals surface area contributed by atoms with Crippen molar-refractivity contribution >= 4 is 22.9 Å². The fraction of sp³-hybridized carbons (Fsp3) is 0.609. The van der Waals surface area contributed by atoms with Crippen molar-refractivity contribution in [2.24, 2.45) is 12.0 Å². The van der Waals surface area contributed by atoms with Gasteiger partial charge in [-0.05, 0) is 38.8 Å². The summed E-state index contributed by atoms with van der Waals surface area (Å²) in [4.78, 5) is 29.0. The zero-order chi connectivity index (χ0) is 21.8. The quantitative estimate of drug-likeness (QED) is 0.583. The molecule has 1 atom stereocenters. The minimum Gasteiger partial charge on any atom is -0.357 e. The molecule has 168 valence electrons. The Labute approximate surface area is 184 Å². The molecule has 31 heavy (non-hydrogen) atoms. The smallest absolute Gasteiger partial charge is 0.239 e. The van der Waals surface area contributed by atoms with Crippen LogP contribution in [0.4, 0.5) is 0 Å². The zero-order valence-electron chi connectivity index (χ0n) is 19.0. The van der Waals surface area contributed by atoms with Crippen LogP contribution in [-0.2, 0) is 18.4 Å². The van der Waals surface area contributed by atoms with E-state index in [-0.39, 0.29) is 11.9 Å².